The van der Waals surface area contributed by atoms with Crippen molar-refractivity contribution < 1.29 is 31.7 Å². The number of nitrogens with zero attached hydrogens (tertiary/aromatic N) is 2. The van der Waals surface area contributed by atoms with Gasteiger partial charge >= 0.3 is 0 Å². The Morgan fingerprint density at radius 2 is 1.69 bits per heavy atom. The molecule has 3 heterocycles. The van der Waals surface area contributed by atoms with Gasteiger partial charge in [-0.05, 0) is 40.5 Å². The molecular formula is C36H35FIrN2OSi-2. The van der Waals surface area contributed by atoms with Gasteiger partial charge < -0.3 is 14.4 Å². The van der Waals surface area contributed by atoms with Gasteiger partial charge in [-0.1, -0.05) is 93.3 Å². The van der Waals surface area contributed by atoms with Crippen LogP contribution < -0.4 is 5.19 Å². The first-order valence-corrected chi connectivity index (χ1v) is 17.2. The first-order valence-electron chi connectivity index (χ1n) is 14.7. The van der Waals surface area contributed by atoms with Gasteiger partial charge in [-0.15, -0.1) is 48.0 Å². The number of aromatic nitrogens is 2. The molecule has 0 aliphatic carbocycles. The zero-order valence-electron chi connectivity index (χ0n) is 26.7. The normalized spacial score (nSPS) is 12.6. The smallest absolute Gasteiger partial charge is 0.120 e. The van der Waals surface area contributed by atoms with Gasteiger partial charge in [0.05, 0.1) is 13.7 Å². The van der Waals surface area contributed by atoms with E-state index in [4.69, 9.17) is 7.16 Å². The molecule has 0 bridgehead atoms. The molecule has 3 aromatic heterocycles. The number of benzene rings is 3. The Balaban J connectivity index is 0.000000214. The Kier molecular flexibility index (Phi) is 8.75. The maximum absolute atomic E-state index is 12.8. The molecule has 0 N–H and O–H groups in total. The molecule has 0 unspecified atom stereocenters. The summed E-state index contributed by atoms with van der Waals surface area (Å²) < 4.78 is 35.9. The number of hydrogen-bond acceptors (Lipinski definition) is 3. The molecule has 3 nitrogen and oxygen atoms in total. The van der Waals surface area contributed by atoms with Gasteiger partial charge in [0, 0.05) is 46.4 Å². The van der Waals surface area contributed by atoms with Crippen molar-refractivity contribution in [2.24, 2.45) is 5.41 Å². The molecule has 0 amide bonds. The molecule has 0 aliphatic rings. The second-order valence-electron chi connectivity index (χ2n) is 12.1. The van der Waals surface area contributed by atoms with Gasteiger partial charge in [-0.2, -0.15) is 0 Å². The van der Waals surface area contributed by atoms with E-state index in [9.17, 15) is 4.39 Å². The summed E-state index contributed by atoms with van der Waals surface area (Å²) in [5.41, 5.74) is 4.72. The van der Waals surface area contributed by atoms with Crippen LogP contribution in [0.2, 0.25) is 19.6 Å². The SMILES string of the molecule is C[Si](C)(C)c1ccc(-c2[c-]cc(F)cc2)nc1.[2H]C([2H])(c1ccnc(-c2[c-]ccc3c2oc2ccccc23)c1)C(C)(C)C.[Ir]. The number of para-hydroxylation sites is 1. The fraction of sp³-hybridized carbons (Fsp3) is 0.222. The molecule has 6 rings (SSSR count). The Morgan fingerprint density at radius 3 is 2.36 bits per heavy atom. The zero-order chi connectivity index (χ0) is 31.0. The minimum Gasteiger partial charge on any atom is -0.501 e. The molecule has 6 heteroatoms. The third-order valence-corrected chi connectivity index (χ3v) is 8.58. The fourth-order valence-corrected chi connectivity index (χ4v) is 5.56. The summed E-state index contributed by atoms with van der Waals surface area (Å²) in [7, 11) is -1.30. The molecule has 1 radical (unpaired) electrons. The van der Waals surface area contributed by atoms with Crippen molar-refractivity contribution in [2.75, 3.05) is 0 Å². The van der Waals surface area contributed by atoms with Crippen LogP contribution in [0, 0.1) is 23.4 Å². The summed E-state index contributed by atoms with van der Waals surface area (Å²) in [5.74, 6) is -0.271. The Labute approximate surface area is 265 Å². The summed E-state index contributed by atoms with van der Waals surface area (Å²) in [6, 6.07) is 30.0. The topological polar surface area (TPSA) is 38.9 Å². The predicted molar refractivity (Wildman–Crippen MR) is 170 cm³/mol. The van der Waals surface area contributed by atoms with Crippen LogP contribution in [0.1, 0.15) is 29.1 Å². The number of fused-ring (bicyclic) bond motifs is 3. The molecule has 0 fully saturated rings. The molecule has 217 valence electrons. The van der Waals surface area contributed by atoms with Gasteiger partial charge in [0.25, 0.3) is 0 Å². The third-order valence-electron chi connectivity index (χ3n) is 6.55. The molecule has 0 aliphatic heterocycles. The quantitative estimate of drug-likeness (QED) is 0.133. The van der Waals surface area contributed by atoms with Crippen LogP contribution in [0.5, 0.6) is 0 Å². The van der Waals surface area contributed by atoms with E-state index in [1.807, 2.05) is 75.5 Å². The average molecular weight is 753 g/mol. The largest absolute Gasteiger partial charge is 0.501 e. The van der Waals surface area contributed by atoms with Gasteiger partial charge in [0.2, 0.25) is 0 Å². The van der Waals surface area contributed by atoms with Crippen molar-refractivity contribution in [3.8, 4) is 22.5 Å². The summed E-state index contributed by atoms with van der Waals surface area (Å²) in [6.45, 7) is 12.6. The Hall–Kier alpha value is -3.44. The van der Waals surface area contributed by atoms with Crippen molar-refractivity contribution >= 4 is 35.2 Å². The van der Waals surface area contributed by atoms with E-state index >= 15 is 0 Å². The first kappa shape index (κ1) is 28.7. The van der Waals surface area contributed by atoms with Gasteiger partial charge in [-0.3, -0.25) is 4.39 Å². The molecule has 0 spiro atoms. The van der Waals surface area contributed by atoms with Crippen molar-refractivity contribution in [1.82, 2.24) is 9.97 Å². The van der Waals surface area contributed by atoms with Crippen LogP contribution >= 0.6 is 0 Å². The molecule has 0 saturated carbocycles. The van der Waals surface area contributed by atoms with Crippen molar-refractivity contribution in [1.29, 1.82) is 0 Å². The van der Waals surface area contributed by atoms with Crippen LogP contribution in [0.15, 0.2) is 95.7 Å². The molecule has 0 atom stereocenters. The fourth-order valence-electron chi connectivity index (χ4n) is 4.52. The number of halogens is 1. The van der Waals surface area contributed by atoms with Crippen LogP contribution in [0.3, 0.4) is 0 Å². The Morgan fingerprint density at radius 1 is 0.905 bits per heavy atom. The van der Waals surface area contributed by atoms with E-state index in [1.165, 1.54) is 17.3 Å². The number of rotatable bonds is 4. The summed E-state index contributed by atoms with van der Waals surface area (Å²) >= 11 is 0. The molecular weight excluding hydrogens is 716 g/mol. The Bertz CT molecular complexity index is 1880. The van der Waals surface area contributed by atoms with Gasteiger partial charge in [-0.25, -0.2) is 0 Å². The van der Waals surface area contributed by atoms with Crippen molar-refractivity contribution in [2.45, 2.75) is 46.8 Å². The van der Waals surface area contributed by atoms with Crippen molar-refractivity contribution in [3.63, 3.8) is 0 Å². The maximum atomic E-state index is 12.8. The van der Waals surface area contributed by atoms with Crippen LogP contribution in [0.25, 0.3) is 44.5 Å². The minimum absolute atomic E-state index is 0. The predicted octanol–water partition coefficient (Wildman–Crippen LogP) is 9.27. The van der Waals surface area contributed by atoms with Crippen LogP contribution in [-0.2, 0) is 26.5 Å². The van der Waals surface area contributed by atoms with E-state index < -0.39 is 19.9 Å². The van der Waals surface area contributed by atoms with Crippen LogP contribution in [0.4, 0.5) is 4.39 Å². The molecule has 0 saturated heterocycles. The van der Waals surface area contributed by atoms with E-state index in [0.29, 0.717) is 11.3 Å². The molecule has 3 aromatic carbocycles. The number of pyridine rings is 2. The van der Waals surface area contributed by atoms with E-state index in [1.54, 1.807) is 18.3 Å². The zero-order valence-corrected chi connectivity index (χ0v) is 28.1. The van der Waals surface area contributed by atoms with E-state index in [0.717, 1.165) is 38.8 Å². The monoisotopic (exact) mass is 753 g/mol. The average Bonchev–Trinajstić information content (AvgIpc) is 3.36. The summed E-state index contributed by atoms with van der Waals surface area (Å²) in [6.07, 6.45) is 2.11. The third kappa shape index (κ3) is 7.49. The van der Waals surface area contributed by atoms with E-state index in [-0.39, 0.29) is 25.9 Å². The van der Waals surface area contributed by atoms with Crippen LogP contribution in [-0.4, -0.2) is 18.0 Å². The van der Waals surface area contributed by atoms with Gasteiger partial charge in [0.1, 0.15) is 5.58 Å². The summed E-state index contributed by atoms with van der Waals surface area (Å²) in [4.78, 5) is 8.89. The first-order chi connectivity index (χ1) is 20.3. The minimum atomic E-state index is -1.48. The number of furan rings is 1. The second-order valence-corrected chi connectivity index (χ2v) is 17.2. The van der Waals surface area contributed by atoms with E-state index in [2.05, 4.69) is 47.8 Å². The molecule has 6 aromatic rings. The second kappa shape index (κ2) is 12.8. The van der Waals surface area contributed by atoms with Crippen molar-refractivity contribution in [3.05, 3.63) is 115 Å². The standard InChI is InChI=1S/C22H20NO.C14H15FNSi.Ir/c1-22(2,3)14-15-11-12-23-19(13-15)18-9-6-8-17-16-7-4-5-10-20(16)24-21(17)18;1-17(2,3)13-8-9-14(16-10-13)11-4-6-12(15)7-5-11;/h4-8,10-13H,14H2,1-3H3;4,6-10H,1-3H3;/q2*-1;/i14D2;;. The molecule has 42 heavy (non-hydrogen) atoms. The number of hydrogen-bond donors (Lipinski definition) is 0. The van der Waals surface area contributed by atoms with Gasteiger partial charge in [0.15, 0.2) is 0 Å². The maximum Gasteiger partial charge on any atom is 0.120 e. The summed E-state index contributed by atoms with van der Waals surface area (Å²) in [5, 5.41) is 3.39.